The molecule has 8 heteroatoms. The van der Waals surface area contributed by atoms with Crippen LogP contribution < -0.4 is 14.2 Å². The van der Waals surface area contributed by atoms with E-state index in [1.165, 1.54) is 26.2 Å². The molecule has 2 aromatic rings. The SMILES string of the molecule is COCCN1C(=O)C(=O)/C(=C(/O)c2ccc3c(c2)CC(C)O3)C1c1cc(OC)ccc1OC. The number of benzene rings is 2. The molecule has 0 radical (unpaired) electrons. The first kappa shape index (κ1) is 22.7. The number of Topliss-reactive ketones (excluding diaryl/α,β-unsaturated/α-hetero) is 1. The fourth-order valence-corrected chi connectivity index (χ4v) is 4.40. The number of rotatable bonds is 7. The molecule has 2 aromatic carbocycles. The van der Waals surface area contributed by atoms with Crippen LogP contribution in [0.5, 0.6) is 17.2 Å². The average Bonchev–Trinajstić information content (AvgIpc) is 3.32. The summed E-state index contributed by atoms with van der Waals surface area (Å²) in [4.78, 5) is 27.6. The van der Waals surface area contributed by atoms with Crippen LogP contribution in [-0.2, 0) is 20.7 Å². The Morgan fingerprint density at radius 3 is 2.61 bits per heavy atom. The van der Waals surface area contributed by atoms with Gasteiger partial charge in [0.25, 0.3) is 11.7 Å². The Kier molecular flexibility index (Phi) is 6.29. The Morgan fingerprint density at radius 2 is 1.91 bits per heavy atom. The third kappa shape index (κ3) is 4.02. The maximum absolute atomic E-state index is 13.2. The smallest absolute Gasteiger partial charge is 0.295 e. The van der Waals surface area contributed by atoms with E-state index in [1.807, 2.05) is 6.92 Å². The summed E-state index contributed by atoms with van der Waals surface area (Å²) in [6.45, 7) is 2.36. The normalized spacial score (nSPS) is 21.2. The zero-order valence-corrected chi connectivity index (χ0v) is 19.1. The second kappa shape index (κ2) is 9.15. The van der Waals surface area contributed by atoms with Crippen LogP contribution >= 0.6 is 0 Å². The average molecular weight is 453 g/mol. The van der Waals surface area contributed by atoms with Crippen LogP contribution in [0.1, 0.15) is 29.7 Å². The summed E-state index contributed by atoms with van der Waals surface area (Å²) < 4.78 is 21.8. The van der Waals surface area contributed by atoms with Gasteiger partial charge in [0.15, 0.2) is 0 Å². The van der Waals surface area contributed by atoms with E-state index in [-0.39, 0.29) is 30.6 Å². The standard InChI is InChI=1S/C25H27NO7/c1-14-11-16-12-15(5-7-19(16)33-14)23(27)21-22(26(9-10-30-2)25(29)24(21)28)18-13-17(31-3)6-8-20(18)32-4/h5-8,12-14,22,27H,9-11H2,1-4H3/b23-21+. The van der Waals surface area contributed by atoms with Crippen LogP contribution in [-0.4, -0.2) is 62.3 Å². The number of ketones is 1. The number of nitrogens with zero attached hydrogens (tertiary/aromatic N) is 1. The molecular formula is C25H27NO7. The lowest BCUT2D eigenvalue weighted by atomic mass is 9.93. The van der Waals surface area contributed by atoms with Gasteiger partial charge in [0, 0.05) is 31.2 Å². The Labute approximate surface area is 192 Å². The highest BCUT2D eigenvalue weighted by Gasteiger charge is 2.47. The predicted octanol–water partition coefficient (Wildman–Crippen LogP) is 3.10. The Hall–Kier alpha value is -3.52. The maximum atomic E-state index is 13.2. The first-order valence-corrected chi connectivity index (χ1v) is 10.7. The fraction of sp³-hybridized carbons (Fsp3) is 0.360. The lowest BCUT2D eigenvalue weighted by Gasteiger charge is -2.26. The first-order chi connectivity index (χ1) is 15.9. The zero-order chi connectivity index (χ0) is 23.7. The summed E-state index contributed by atoms with van der Waals surface area (Å²) >= 11 is 0. The van der Waals surface area contributed by atoms with Gasteiger partial charge in [0.05, 0.1) is 32.4 Å². The minimum Gasteiger partial charge on any atom is -0.507 e. The summed E-state index contributed by atoms with van der Waals surface area (Å²) in [6.07, 6.45) is 0.740. The van der Waals surface area contributed by atoms with Gasteiger partial charge in [-0.3, -0.25) is 9.59 Å². The number of aliphatic hydroxyl groups excluding tert-OH is 1. The molecule has 0 bridgehead atoms. The van der Waals surface area contributed by atoms with Crippen molar-refractivity contribution in [1.29, 1.82) is 0 Å². The molecule has 0 spiro atoms. The lowest BCUT2D eigenvalue weighted by molar-refractivity contribution is -0.140. The summed E-state index contributed by atoms with van der Waals surface area (Å²) in [5, 5.41) is 11.3. The number of aliphatic hydroxyl groups is 1. The van der Waals surface area contributed by atoms with E-state index in [1.54, 1.807) is 36.4 Å². The number of carbonyl (C=O) groups is 2. The highest BCUT2D eigenvalue weighted by molar-refractivity contribution is 6.46. The van der Waals surface area contributed by atoms with Crippen molar-refractivity contribution in [1.82, 2.24) is 4.90 Å². The molecule has 1 fully saturated rings. The van der Waals surface area contributed by atoms with Crippen molar-refractivity contribution in [3.63, 3.8) is 0 Å². The molecule has 4 rings (SSSR count). The molecule has 2 aliphatic rings. The van der Waals surface area contributed by atoms with Crippen molar-refractivity contribution in [3.8, 4) is 17.2 Å². The van der Waals surface area contributed by atoms with E-state index < -0.39 is 17.7 Å². The second-order valence-electron chi connectivity index (χ2n) is 8.05. The number of fused-ring (bicyclic) bond motifs is 1. The summed E-state index contributed by atoms with van der Waals surface area (Å²) in [7, 11) is 4.56. The van der Waals surface area contributed by atoms with E-state index in [9.17, 15) is 14.7 Å². The van der Waals surface area contributed by atoms with Gasteiger partial charge >= 0.3 is 0 Å². The van der Waals surface area contributed by atoms with Gasteiger partial charge in [-0.15, -0.1) is 0 Å². The van der Waals surface area contributed by atoms with Crippen molar-refractivity contribution in [2.24, 2.45) is 0 Å². The minimum atomic E-state index is -0.867. The number of carbonyl (C=O) groups excluding carboxylic acids is 2. The van der Waals surface area contributed by atoms with Crippen LogP contribution in [0, 0.1) is 0 Å². The lowest BCUT2D eigenvalue weighted by Crippen LogP contribution is -2.32. The van der Waals surface area contributed by atoms with Crippen molar-refractivity contribution in [2.45, 2.75) is 25.5 Å². The van der Waals surface area contributed by atoms with Crippen LogP contribution in [0.2, 0.25) is 0 Å². The van der Waals surface area contributed by atoms with Crippen molar-refractivity contribution < 1.29 is 33.6 Å². The molecule has 2 atom stereocenters. The van der Waals surface area contributed by atoms with Crippen LogP contribution in [0.3, 0.4) is 0 Å². The molecular weight excluding hydrogens is 426 g/mol. The van der Waals surface area contributed by atoms with E-state index in [0.29, 0.717) is 29.0 Å². The monoisotopic (exact) mass is 453 g/mol. The molecule has 2 heterocycles. The zero-order valence-electron chi connectivity index (χ0n) is 19.1. The van der Waals surface area contributed by atoms with Crippen LogP contribution in [0.15, 0.2) is 42.0 Å². The highest BCUT2D eigenvalue weighted by Crippen LogP contribution is 2.44. The van der Waals surface area contributed by atoms with Crippen molar-refractivity contribution in [2.75, 3.05) is 34.5 Å². The highest BCUT2D eigenvalue weighted by atomic mass is 16.5. The number of ether oxygens (including phenoxy) is 4. The molecule has 8 nitrogen and oxygen atoms in total. The van der Waals surface area contributed by atoms with E-state index in [0.717, 1.165) is 11.3 Å². The van der Waals surface area contributed by atoms with Crippen LogP contribution in [0.25, 0.3) is 5.76 Å². The molecule has 0 aliphatic carbocycles. The molecule has 33 heavy (non-hydrogen) atoms. The molecule has 2 unspecified atom stereocenters. The molecule has 174 valence electrons. The van der Waals surface area contributed by atoms with Gasteiger partial charge in [0.2, 0.25) is 0 Å². The van der Waals surface area contributed by atoms with E-state index >= 15 is 0 Å². The maximum Gasteiger partial charge on any atom is 0.295 e. The Morgan fingerprint density at radius 1 is 1.12 bits per heavy atom. The Bertz CT molecular complexity index is 1120. The quantitative estimate of drug-likeness (QED) is 0.391. The van der Waals surface area contributed by atoms with Gasteiger partial charge in [-0.2, -0.15) is 0 Å². The third-order valence-corrected chi connectivity index (χ3v) is 5.98. The number of methoxy groups -OCH3 is 3. The summed E-state index contributed by atoms with van der Waals surface area (Å²) in [6, 6.07) is 9.54. The van der Waals surface area contributed by atoms with Crippen molar-refractivity contribution in [3.05, 3.63) is 58.7 Å². The van der Waals surface area contributed by atoms with Gasteiger partial charge in [-0.25, -0.2) is 0 Å². The van der Waals surface area contributed by atoms with Crippen LogP contribution in [0.4, 0.5) is 0 Å². The molecule has 0 aromatic heterocycles. The minimum absolute atomic E-state index is 0.00503. The number of amides is 1. The topological polar surface area (TPSA) is 94.5 Å². The van der Waals surface area contributed by atoms with E-state index in [2.05, 4.69) is 0 Å². The second-order valence-corrected chi connectivity index (χ2v) is 8.05. The third-order valence-electron chi connectivity index (χ3n) is 5.98. The summed E-state index contributed by atoms with van der Waals surface area (Å²) in [5.41, 5.74) is 1.92. The number of hydrogen-bond donors (Lipinski definition) is 1. The molecule has 1 N–H and O–H groups in total. The van der Waals surface area contributed by atoms with Gasteiger partial charge in [0.1, 0.15) is 29.1 Å². The molecule has 1 saturated heterocycles. The van der Waals surface area contributed by atoms with Gasteiger partial charge < -0.3 is 29.0 Å². The number of hydrogen-bond acceptors (Lipinski definition) is 7. The Balaban J connectivity index is 1.89. The predicted molar refractivity (Wildman–Crippen MR) is 121 cm³/mol. The number of likely N-dealkylation sites (tertiary alicyclic amines) is 1. The molecule has 0 saturated carbocycles. The van der Waals surface area contributed by atoms with E-state index in [4.69, 9.17) is 18.9 Å². The molecule has 2 aliphatic heterocycles. The fourth-order valence-electron chi connectivity index (χ4n) is 4.40. The van der Waals surface area contributed by atoms with Gasteiger partial charge in [-0.1, -0.05) is 0 Å². The van der Waals surface area contributed by atoms with Gasteiger partial charge in [-0.05, 0) is 48.9 Å². The largest absolute Gasteiger partial charge is 0.507 e. The van der Waals surface area contributed by atoms with Crippen molar-refractivity contribution >= 4 is 17.4 Å². The summed E-state index contributed by atoms with van der Waals surface area (Å²) in [5.74, 6) is 0.0419. The molecule has 1 amide bonds. The first-order valence-electron chi connectivity index (χ1n) is 10.7.